The maximum Gasteiger partial charge on any atom is 0.269 e. The Balaban J connectivity index is 2.04. The Morgan fingerprint density at radius 2 is 2.00 bits per heavy atom. The first-order valence-corrected chi connectivity index (χ1v) is 6.27. The smallest absolute Gasteiger partial charge is 0.269 e. The number of nitrogens with one attached hydrogen (secondary N) is 1. The molecular weight excluding hydrogens is 294 g/mol. The lowest BCUT2D eigenvalue weighted by molar-refractivity contribution is -0.384. The molecule has 21 heavy (non-hydrogen) atoms. The van der Waals surface area contributed by atoms with Gasteiger partial charge in [0, 0.05) is 30.8 Å². The minimum absolute atomic E-state index is 0.0816. The van der Waals surface area contributed by atoms with Gasteiger partial charge in [0.2, 0.25) is 5.88 Å². The number of hydrogen-bond donors (Lipinski definition) is 1. The van der Waals surface area contributed by atoms with Crippen LogP contribution in [-0.2, 0) is 0 Å². The highest BCUT2D eigenvalue weighted by atomic mass is 32.1. The van der Waals surface area contributed by atoms with E-state index in [-0.39, 0.29) is 16.4 Å². The molecule has 1 aromatic carbocycles. The summed E-state index contributed by atoms with van der Waals surface area (Å²) in [7, 11) is 1.65. The molecule has 0 atom stereocenters. The van der Waals surface area contributed by atoms with Gasteiger partial charge in [0.15, 0.2) is 5.11 Å². The Morgan fingerprint density at radius 3 is 2.52 bits per heavy atom. The minimum Gasteiger partial charge on any atom is -0.448 e. The van der Waals surface area contributed by atoms with E-state index >= 15 is 0 Å². The number of nitro groups is 1. The summed E-state index contributed by atoms with van der Waals surface area (Å²) in [5.41, 5.74) is 0.192. The van der Waals surface area contributed by atoms with Gasteiger partial charge in [0.05, 0.1) is 11.2 Å². The molecule has 108 valence electrons. The molecule has 0 fully saturated rings. The van der Waals surface area contributed by atoms with Gasteiger partial charge in [-0.2, -0.15) is 0 Å². The normalized spacial score (nSPS) is 9.95. The van der Waals surface area contributed by atoms with E-state index in [9.17, 15) is 14.9 Å². The SMILES string of the molecule is CN(C(=S)NC(=O)c1ccc([N+](=O)[O-])cc1)c1ccco1. The highest BCUT2D eigenvalue weighted by Crippen LogP contribution is 2.14. The molecule has 1 aromatic heterocycles. The average Bonchev–Trinajstić information content (AvgIpc) is 3.00. The summed E-state index contributed by atoms with van der Waals surface area (Å²) in [6.45, 7) is 0. The van der Waals surface area contributed by atoms with Crippen molar-refractivity contribution in [2.24, 2.45) is 0 Å². The Hall–Kier alpha value is -2.74. The number of rotatable bonds is 3. The van der Waals surface area contributed by atoms with Crippen LogP contribution in [0.15, 0.2) is 47.1 Å². The number of carbonyl (C=O) groups excluding carboxylic acids is 1. The van der Waals surface area contributed by atoms with E-state index in [0.717, 1.165) is 0 Å². The van der Waals surface area contributed by atoms with Crippen molar-refractivity contribution in [3.63, 3.8) is 0 Å². The standard InChI is InChI=1S/C13H11N3O4S/c1-15(11-3-2-8-20-11)13(21)14-12(17)9-4-6-10(7-5-9)16(18)19/h2-8H,1H3,(H,14,17,21). The number of furan rings is 1. The molecule has 1 amide bonds. The molecule has 1 heterocycles. The predicted molar refractivity (Wildman–Crippen MR) is 80.3 cm³/mol. The topological polar surface area (TPSA) is 88.6 Å². The van der Waals surface area contributed by atoms with Crippen molar-refractivity contribution in [1.29, 1.82) is 0 Å². The lowest BCUT2D eigenvalue weighted by Crippen LogP contribution is -2.40. The number of thiocarbonyl (C=S) groups is 1. The largest absolute Gasteiger partial charge is 0.448 e. The maximum atomic E-state index is 12.0. The van der Waals surface area contributed by atoms with Gasteiger partial charge in [0.25, 0.3) is 11.6 Å². The summed E-state index contributed by atoms with van der Waals surface area (Å²) < 4.78 is 5.16. The molecular formula is C13H11N3O4S. The molecule has 0 aliphatic heterocycles. The molecule has 0 unspecified atom stereocenters. The number of benzene rings is 1. The van der Waals surface area contributed by atoms with Crippen LogP contribution in [0.3, 0.4) is 0 Å². The van der Waals surface area contributed by atoms with Crippen molar-refractivity contribution >= 4 is 34.8 Å². The first-order valence-electron chi connectivity index (χ1n) is 5.86. The summed E-state index contributed by atoms with van der Waals surface area (Å²) in [6, 6.07) is 8.64. The summed E-state index contributed by atoms with van der Waals surface area (Å²) in [6.07, 6.45) is 1.49. The quantitative estimate of drug-likeness (QED) is 0.532. The van der Waals surface area contributed by atoms with E-state index < -0.39 is 10.8 Å². The van der Waals surface area contributed by atoms with Crippen LogP contribution in [0.1, 0.15) is 10.4 Å². The second-order valence-electron chi connectivity index (χ2n) is 4.07. The van der Waals surface area contributed by atoms with Crippen molar-refractivity contribution in [2.75, 3.05) is 11.9 Å². The summed E-state index contributed by atoms with van der Waals surface area (Å²) in [5, 5.41) is 13.2. The molecule has 0 saturated carbocycles. The van der Waals surface area contributed by atoms with Crippen LogP contribution in [0.25, 0.3) is 0 Å². The molecule has 0 radical (unpaired) electrons. The van der Waals surface area contributed by atoms with Crippen molar-refractivity contribution in [1.82, 2.24) is 5.32 Å². The third-order valence-corrected chi connectivity index (χ3v) is 3.08. The molecule has 0 saturated heterocycles. The summed E-state index contributed by atoms with van der Waals surface area (Å²) >= 11 is 5.09. The van der Waals surface area contributed by atoms with Gasteiger partial charge in [-0.25, -0.2) is 0 Å². The van der Waals surface area contributed by atoms with E-state index in [2.05, 4.69) is 5.32 Å². The van der Waals surface area contributed by atoms with E-state index in [4.69, 9.17) is 16.6 Å². The van der Waals surface area contributed by atoms with Gasteiger partial charge in [0.1, 0.15) is 0 Å². The van der Waals surface area contributed by atoms with Gasteiger partial charge < -0.3 is 4.42 Å². The molecule has 7 nitrogen and oxygen atoms in total. The highest BCUT2D eigenvalue weighted by molar-refractivity contribution is 7.80. The second kappa shape index (κ2) is 6.14. The Kier molecular flexibility index (Phi) is 4.29. The number of anilines is 1. The molecule has 0 bridgehead atoms. The lowest BCUT2D eigenvalue weighted by Gasteiger charge is -2.17. The van der Waals surface area contributed by atoms with Crippen LogP contribution in [0.2, 0.25) is 0 Å². The van der Waals surface area contributed by atoms with Crippen molar-refractivity contribution in [3.8, 4) is 0 Å². The van der Waals surface area contributed by atoms with Gasteiger partial charge >= 0.3 is 0 Å². The van der Waals surface area contributed by atoms with Crippen molar-refractivity contribution in [3.05, 3.63) is 58.3 Å². The number of carbonyl (C=O) groups is 1. The van der Waals surface area contributed by atoms with E-state index in [1.807, 2.05) is 0 Å². The van der Waals surface area contributed by atoms with Crippen LogP contribution in [0.5, 0.6) is 0 Å². The fourth-order valence-electron chi connectivity index (χ4n) is 1.55. The first kappa shape index (κ1) is 14.7. The summed E-state index contributed by atoms with van der Waals surface area (Å²) in [5.74, 6) is 0.0392. The number of non-ortho nitro benzene ring substituents is 1. The number of nitro benzene ring substituents is 1. The summed E-state index contributed by atoms with van der Waals surface area (Å²) in [4.78, 5) is 23.5. The van der Waals surface area contributed by atoms with E-state index in [1.54, 1.807) is 19.2 Å². The Bertz CT molecular complexity index is 667. The van der Waals surface area contributed by atoms with Crippen LogP contribution >= 0.6 is 12.2 Å². The zero-order valence-electron chi connectivity index (χ0n) is 11.0. The molecule has 2 aromatic rings. The first-order chi connectivity index (χ1) is 9.99. The Morgan fingerprint density at radius 1 is 1.33 bits per heavy atom. The third-order valence-electron chi connectivity index (χ3n) is 2.70. The molecule has 8 heteroatoms. The van der Waals surface area contributed by atoms with Gasteiger partial charge in [-0.1, -0.05) is 0 Å². The van der Waals surface area contributed by atoms with Crippen LogP contribution in [0.4, 0.5) is 11.6 Å². The molecule has 1 N–H and O–H groups in total. The lowest BCUT2D eigenvalue weighted by atomic mass is 10.2. The number of amides is 1. The molecule has 0 aliphatic rings. The number of nitrogens with zero attached hydrogens (tertiary/aromatic N) is 2. The van der Waals surface area contributed by atoms with Crippen LogP contribution < -0.4 is 10.2 Å². The molecule has 0 aliphatic carbocycles. The van der Waals surface area contributed by atoms with Crippen molar-refractivity contribution in [2.45, 2.75) is 0 Å². The molecule has 2 rings (SSSR count). The van der Waals surface area contributed by atoms with Crippen LogP contribution in [-0.4, -0.2) is 23.0 Å². The zero-order chi connectivity index (χ0) is 15.4. The van der Waals surface area contributed by atoms with E-state index in [0.29, 0.717) is 5.88 Å². The predicted octanol–water partition coefficient (Wildman–Crippen LogP) is 2.34. The fourth-order valence-corrected chi connectivity index (χ4v) is 1.73. The highest BCUT2D eigenvalue weighted by Gasteiger charge is 2.14. The maximum absolute atomic E-state index is 12.0. The van der Waals surface area contributed by atoms with Crippen molar-refractivity contribution < 1.29 is 14.1 Å². The fraction of sp³-hybridized carbons (Fsp3) is 0.0769. The third kappa shape index (κ3) is 3.42. The Labute approximate surface area is 125 Å². The minimum atomic E-state index is -0.531. The van der Waals surface area contributed by atoms with Gasteiger partial charge in [-0.15, -0.1) is 0 Å². The average molecular weight is 305 g/mol. The zero-order valence-corrected chi connectivity index (χ0v) is 11.8. The van der Waals surface area contributed by atoms with Gasteiger partial charge in [-0.3, -0.25) is 25.1 Å². The monoisotopic (exact) mass is 305 g/mol. The van der Waals surface area contributed by atoms with Crippen LogP contribution in [0, 0.1) is 10.1 Å². The van der Waals surface area contributed by atoms with Gasteiger partial charge in [-0.05, 0) is 30.4 Å². The molecule has 0 spiro atoms. The number of hydrogen-bond acceptors (Lipinski definition) is 5. The van der Waals surface area contributed by atoms with E-state index in [1.165, 1.54) is 35.4 Å². The second-order valence-corrected chi connectivity index (χ2v) is 4.46.